The molecule has 0 fully saturated rings. The van der Waals surface area contributed by atoms with Gasteiger partial charge in [0.25, 0.3) is 0 Å². The summed E-state index contributed by atoms with van der Waals surface area (Å²) >= 11 is 1.88. The minimum atomic E-state index is 0.552. The van der Waals surface area contributed by atoms with Crippen LogP contribution in [-0.4, -0.2) is 12.6 Å². The highest BCUT2D eigenvalue weighted by atomic mass is 32.1. The SMILES string of the molecule is Cc1ccc(CNCC2Cc3ccccc3CN2)s1. The maximum Gasteiger partial charge on any atom is 0.0300 e. The Labute approximate surface area is 118 Å². The highest BCUT2D eigenvalue weighted by Crippen LogP contribution is 2.17. The van der Waals surface area contributed by atoms with Crippen molar-refractivity contribution in [1.29, 1.82) is 0 Å². The second kappa shape index (κ2) is 5.87. The molecule has 1 aliphatic rings. The molecule has 0 spiro atoms. The van der Waals surface area contributed by atoms with Gasteiger partial charge in [0, 0.05) is 35.4 Å². The molecule has 2 aromatic rings. The van der Waals surface area contributed by atoms with E-state index in [-0.39, 0.29) is 0 Å². The van der Waals surface area contributed by atoms with E-state index in [1.54, 1.807) is 0 Å². The zero-order chi connectivity index (χ0) is 13.1. The average molecular weight is 272 g/mol. The third-order valence-corrected chi connectivity index (χ3v) is 4.65. The molecule has 1 aliphatic heterocycles. The highest BCUT2D eigenvalue weighted by molar-refractivity contribution is 7.11. The molecule has 2 N–H and O–H groups in total. The predicted molar refractivity (Wildman–Crippen MR) is 81.5 cm³/mol. The van der Waals surface area contributed by atoms with Crippen LogP contribution in [0.2, 0.25) is 0 Å². The second-order valence-electron chi connectivity index (χ2n) is 5.19. The average Bonchev–Trinajstić information content (AvgIpc) is 2.84. The molecule has 1 aromatic heterocycles. The number of aryl methyl sites for hydroxylation is 1. The molecule has 0 bridgehead atoms. The molecular weight excluding hydrogens is 252 g/mol. The Morgan fingerprint density at radius 1 is 1.21 bits per heavy atom. The van der Waals surface area contributed by atoms with Crippen molar-refractivity contribution < 1.29 is 0 Å². The lowest BCUT2D eigenvalue weighted by Crippen LogP contribution is -2.42. The molecule has 0 aliphatic carbocycles. The minimum absolute atomic E-state index is 0.552. The number of fused-ring (bicyclic) bond motifs is 1. The van der Waals surface area contributed by atoms with Crippen molar-refractivity contribution >= 4 is 11.3 Å². The summed E-state index contributed by atoms with van der Waals surface area (Å²) in [5, 5.41) is 7.17. The topological polar surface area (TPSA) is 24.1 Å². The maximum atomic E-state index is 3.61. The van der Waals surface area contributed by atoms with Crippen LogP contribution in [-0.2, 0) is 19.5 Å². The molecule has 100 valence electrons. The van der Waals surface area contributed by atoms with E-state index in [0.717, 1.165) is 26.1 Å². The van der Waals surface area contributed by atoms with Crippen LogP contribution < -0.4 is 10.6 Å². The van der Waals surface area contributed by atoms with Gasteiger partial charge in [-0.2, -0.15) is 0 Å². The van der Waals surface area contributed by atoms with Crippen LogP contribution in [0.15, 0.2) is 36.4 Å². The van der Waals surface area contributed by atoms with Gasteiger partial charge in [-0.1, -0.05) is 24.3 Å². The van der Waals surface area contributed by atoms with Gasteiger partial charge in [-0.05, 0) is 36.6 Å². The molecule has 2 nitrogen and oxygen atoms in total. The highest BCUT2D eigenvalue weighted by Gasteiger charge is 2.16. The summed E-state index contributed by atoms with van der Waals surface area (Å²) in [6.07, 6.45) is 1.13. The molecule has 0 radical (unpaired) electrons. The first kappa shape index (κ1) is 12.9. The Morgan fingerprint density at radius 2 is 2.05 bits per heavy atom. The quantitative estimate of drug-likeness (QED) is 0.894. The first-order valence-electron chi connectivity index (χ1n) is 6.87. The van der Waals surface area contributed by atoms with Crippen molar-refractivity contribution in [1.82, 2.24) is 10.6 Å². The van der Waals surface area contributed by atoms with E-state index in [1.807, 2.05) is 11.3 Å². The van der Waals surface area contributed by atoms with Gasteiger partial charge in [-0.15, -0.1) is 11.3 Å². The molecule has 0 saturated carbocycles. The third kappa shape index (κ3) is 3.24. The number of rotatable bonds is 4. The Morgan fingerprint density at radius 3 is 2.84 bits per heavy atom. The Hall–Kier alpha value is -1.16. The number of nitrogens with one attached hydrogen (secondary N) is 2. The van der Waals surface area contributed by atoms with Gasteiger partial charge in [0.2, 0.25) is 0 Å². The van der Waals surface area contributed by atoms with E-state index >= 15 is 0 Å². The zero-order valence-corrected chi connectivity index (χ0v) is 12.1. The summed E-state index contributed by atoms with van der Waals surface area (Å²) in [5.74, 6) is 0. The maximum absolute atomic E-state index is 3.61. The number of hydrogen-bond donors (Lipinski definition) is 2. The lowest BCUT2D eigenvalue weighted by molar-refractivity contribution is 0.448. The van der Waals surface area contributed by atoms with E-state index in [1.165, 1.54) is 20.9 Å². The lowest BCUT2D eigenvalue weighted by Gasteiger charge is -2.26. The van der Waals surface area contributed by atoms with Crippen molar-refractivity contribution in [2.45, 2.75) is 32.5 Å². The molecule has 0 amide bonds. The Balaban J connectivity index is 1.50. The molecule has 1 unspecified atom stereocenters. The van der Waals surface area contributed by atoms with Crippen molar-refractivity contribution in [3.63, 3.8) is 0 Å². The van der Waals surface area contributed by atoms with Gasteiger partial charge < -0.3 is 10.6 Å². The van der Waals surface area contributed by atoms with Crippen LogP contribution in [0.4, 0.5) is 0 Å². The van der Waals surface area contributed by atoms with Crippen LogP contribution in [0.3, 0.4) is 0 Å². The molecule has 3 heteroatoms. The van der Waals surface area contributed by atoms with E-state index in [2.05, 4.69) is 54.0 Å². The van der Waals surface area contributed by atoms with Gasteiger partial charge >= 0.3 is 0 Å². The normalized spacial score (nSPS) is 18.3. The van der Waals surface area contributed by atoms with E-state index in [9.17, 15) is 0 Å². The third-order valence-electron chi connectivity index (χ3n) is 3.65. The summed E-state index contributed by atoms with van der Waals surface area (Å²) < 4.78 is 0. The van der Waals surface area contributed by atoms with Crippen molar-refractivity contribution in [2.75, 3.05) is 6.54 Å². The smallest absolute Gasteiger partial charge is 0.0300 e. The van der Waals surface area contributed by atoms with Crippen molar-refractivity contribution in [2.24, 2.45) is 0 Å². The Bertz CT molecular complexity index is 547. The number of benzene rings is 1. The van der Waals surface area contributed by atoms with Crippen LogP contribution >= 0.6 is 11.3 Å². The predicted octanol–water partition coefficient (Wildman–Crippen LogP) is 2.86. The van der Waals surface area contributed by atoms with Crippen LogP contribution in [0.1, 0.15) is 20.9 Å². The Kier molecular flexibility index (Phi) is 3.97. The van der Waals surface area contributed by atoms with Crippen LogP contribution in [0.5, 0.6) is 0 Å². The van der Waals surface area contributed by atoms with Crippen LogP contribution in [0, 0.1) is 6.92 Å². The number of thiophene rings is 1. The fourth-order valence-corrected chi connectivity index (χ4v) is 3.48. The minimum Gasteiger partial charge on any atom is -0.310 e. The van der Waals surface area contributed by atoms with E-state index < -0.39 is 0 Å². The summed E-state index contributed by atoms with van der Waals surface area (Å²) in [6, 6.07) is 13.7. The molecule has 0 saturated heterocycles. The van der Waals surface area contributed by atoms with Gasteiger partial charge in [0.1, 0.15) is 0 Å². The van der Waals surface area contributed by atoms with Gasteiger partial charge in [0.15, 0.2) is 0 Å². The van der Waals surface area contributed by atoms with Crippen LogP contribution in [0.25, 0.3) is 0 Å². The molecule has 3 rings (SSSR count). The fraction of sp³-hybridized carbons (Fsp3) is 0.375. The largest absolute Gasteiger partial charge is 0.310 e. The van der Waals surface area contributed by atoms with Crippen molar-refractivity contribution in [3.05, 3.63) is 57.3 Å². The van der Waals surface area contributed by atoms with E-state index in [4.69, 9.17) is 0 Å². The molecular formula is C16H20N2S. The molecule has 1 atom stereocenters. The standard InChI is InChI=1S/C16H20N2S/c1-12-6-7-16(19-12)11-17-10-15-8-13-4-2-3-5-14(13)9-18-15/h2-7,15,17-18H,8-11H2,1H3. The summed E-state index contributed by atoms with van der Waals surface area (Å²) in [4.78, 5) is 2.82. The number of hydrogen-bond acceptors (Lipinski definition) is 3. The molecule has 19 heavy (non-hydrogen) atoms. The fourth-order valence-electron chi connectivity index (χ4n) is 2.62. The van der Waals surface area contributed by atoms with E-state index in [0.29, 0.717) is 6.04 Å². The summed E-state index contributed by atoms with van der Waals surface area (Å²) in [7, 11) is 0. The first-order valence-corrected chi connectivity index (χ1v) is 7.69. The summed E-state index contributed by atoms with van der Waals surface area (Å²) in [5.41, 5.74) is 2.95. The lowest BCUT2D eigenvalue weighted by atomic mass is 9.96. The van der Waals surface area contributed by atoms with Crippen molar-refractivity contribution in [3.8, 4) is 0 Å². The van der Waals surface area contributed by atoms with Gasteiger partial charge in [-0.25, -0.2) is 0 Å². The van der Waals surface area contributed by atoms with Gasteiger partial charge in [0.05, 0.1) is 0 Å². The summed E-state index contributed by atoms with van der Waals surface area (Å²) in [6.45, 7) is 5.18. The zero-order valence-electron chi connectivity index (χ0n) is 11.3. The second-order valence-corrected chi connectivity index (χ2v) is 6.57. The molecule has 2 heterocycles. The molecule has 1 aromatic carbocycles. The monoisotopic (exact) mass is 272 g/mol. The van der Waals surface area contributed by atoms with Gasteiger partial charge in [-0.3, -0.25) is 0 Å². The first-order chi connectivity index (χ1) is 9.31.